The van der Waals surface area contributed by atoms with E-state index in [-0.39, 0.29) is 11.3 Å². The van der Waals surface area contributed by atoms with Crippen molar-refractivity contribution in [2.24, 2.45) is 5.92 Å². The van der Waals surface area contributed by atoms with Crippen molar-refractivity contribution in [2.45, 2.75) is 43.7 Å². The minimum Gasteiger partial charge on any atom is -0.493 e. The van der Waals surface area contributed by atoms with Crippen molar-refractivity contribution in [3.63, 3.8) is 0 Å². The predicted octanol–water partition coefficient (Wildman–Crippen LogP) is 2.80. The van der Waals surface area contributed by atoms with Crippen LogP contribution < -0.4 is 9.47 Å². The fourth-order valence-electron chi connectivity index (χ4n) is 5.24. The van der Waals surface area contributed by atoms with Crippen LogP contribution in [0, 0.1) is 5.92 Å². The number of piperidine rings is 1. The van der Waals surface area contributed by atoms with E-state index in [1.807, 2.05) is 19.9 Å². The van der Waals surface area contributed by atoms with Crippen LogP contribution in [0.4, 0.5) is 0 Å². The zero-order valence-electron chi connectivity index (χ0n) is 15.3. The summed E-state index contributed by atoms with van der Waals surface area (Å²) in [4.78, 5) is 2.45. The molecule has 4 nitrogen and oxygen atoms in total. The molecule has 2 aliphatic heterocycles. The van der Waals surface area contributed by atoms with Gasteiger partial charge in [0.15, 0.2) is 11.5 Å². The van der Waals surface area contributed by atoms with Gasteiger partial charge in [-0.05, 0) is 57.0 Å². The van der Waals surface area contributed by atoms with E-state index in [4.69, 9.17) is 9.47 Å². The molecule has 0 unspecified atom stereocenters. The maximum absolute atomic E-state index is 10.7. The van der Waals surface area contributed by atoms with Crippen LogP contribution in [-0.2, 0) is 11.8 Å². The molecule has 4 heteroatoms. The second-order valence-corrected chi connectivity index (χ2v) is 8.42. The lowest BCUT2D eigenvalue weighted by molar-refractivity contribution is 0.0490. The number of allylic oxidation sites excluding steroid dienone is 1. The van der Waals surface area contributed by atoms with Crippen LogP contribution in [0.25, 0.3) is 0 Å². The van der Waals surface area contributed by atoms with Crippen molar-refractivity contribution in [2.75, 3.05) is 20.7 Å². The molecule has 1 fully saturated rings. The SMILES string of the molecule is COc1ccc2c3c1OC1=C[C@H](C(C)(C)O)C=C4[C@@H](C2)N(C)CC[C@]143. The van der Waals surface area contributed by atoms with Crippen LogP contribution in [0.5, 0.6) is 11.5 Å². The normalized spacial score (nSPS) is 32.5. The molecular formula is C21H25NO3. The average molecular weight is 339 g/mol. The van der Waals surface area contributed by atoms with Gasteiger partial charge in [0, 0.05) is 24.1 Å². The zero-order chi connectivity index (χ0) is 17.6. The molecule has 5 rings (SSSR count). The molecule has 0 aromatic heterocycles. The van der Waals surface area contributed by atoms with Gasteiger partial charge in [0.1, 0.15) is 5.76 Å². The van der Waals surface area contributed by atoms with E-state index in [2.05, 4.69) is 30.2 Å². The first-order valence-electron chi connectivity index (χ1n) is 9.11. The fraction of sp³-hybridized carbons (Fsp3) is 0.524. The van der Waals surface area contributed by atoms with Gasteiger partial charge < -0.3 is 14.6 Å². The van der Waals surface area contributed by atoms with Crippen molar-refractivity contribution in [3.8, 4) is 11.5 Å². The Morgan fingerprint density at radius 2 is 2.12 bits per heavy atom. The van der Waals surface area contributed by atoms with E-state index in [1.165, 1.54) is 16.7 Å². The van der Waals surface area contributed by atoms with Gasteiger partial charge in [-0.15, -0.1) is 0 Å². The number of likely N-dealkylation sites (N-methyl/N-ethyl adjacent to an activating group) is 1. The highest BCUT2D eigenvalue weighted by Crippen LogP contribution is 2.63. The molecule has 2 aliphatic carbocycles. The predicted molar refractivity (Wildman–Crippen MR) is 96.0 cm³/mol. The van der Waals surface area contributed by atoms with E-state index >= 15 is 0 Å². The number of likely N-dealkylation sites (tertiary alicyclic amines) is 1. The first kappa shape index (κ1) is 15.5. The van der Waals surface area contributed by atoms with Crippen LogP contribution in [0.15, 0.2) is 35.6 Å². The molecule has 25 heavy (non-hydrogen) atoms. The Labute approximate surface area is 148 Å². The van der Waals surface area contributed by atoms with Crippen LogP contribution in [0.3, 0.4) is 0 Å². The second kappa shape index (κ2) is 4.68. The summed E-state index contributed by atoms with van der Waals surface area (Å²) in [6, 6.07) is 4.61. The molecule has 3 atom stereocenters. The zero-order valence-corrected chi connectivity index (χ0v) is 15.3. The van der Waals surface area contributed by atoms with Crippen LogP contribution in [-0.4, -0.2) is 42.4 Å². The molecule has 0 radical (unpaired) electrons. The third-order valence-electron chi connectivity index (χ3n) is 6.63. The lowest BCUT2D eigenvalue weighted by Gasteiger charge is -2.52. The summed E-state index contributed by atoms with van der Waals surface area (Å²) >= 11 is 0. The molecule has 1 aromatic rings. The van der Waals surface area contributed by atoms with Crippen LogP contribution in [0.2, 0.25) is 0 Å². The van der Waals surface area contributed by atoms with Crippen molar-refractivity contribution >= 4 is 0 Å². The van der Waals surface area contributed by atoms with Gasteiger partial charge in [0.2, 0.25) is 0 Å². The first-order chi connectivity index (χ1) is 11.9. The quantitative estimate of drug-likeness (QED) is 0.842. The number of nitrogens with zero attached hydrogens (tertiary/aromatic N) is 1. The molecule has 0 amide bonds. The number of hydrogen-bond acceptors (Lipinski definition) is 4. The highest BCUT2D eigenvalue weighted by molar-refractivity contribution is 5.70. The fourth-order valence-corrected chi connectivity index (χ4v) is 5.24. The summed E-state index contributed by atoms with van der Waals surface area (Å²) < 4.78 is 12.0. The number of ether oxygens (including phenoxy) is 2. The molecule has 1 saturated heterocycles. The monoisotopic (exact) mass is 339 g/mol. The van der Waals surface area contributed by atoms with Gasteiger partial charge in [0.25, 0.3) is 0 Å². The third-order valence-corrected chi connectivity index (χ3v) is 6.63. The van der Waals surface area contributed by atoms with Crippen molar-refractivity contribution in [1.29, 1.82) is 0 Å². The lowest BCUT2D eigenvalue weighted by atomic mass is 9.57. The van der Waals surface area contributed by atoms with E-state index < -0.39 is 5.60 Å². The summed E-state index contributed by atoms with van der Waals surface area (Å²) in [5, 5.41) is 10.7. The van der Waals surface area contributed by atoms with Crippen LogP contribution >= 0.6 is 0 Å². The Balaban J connectivity index is 1.81. The topological polar surface area (TPSA) is 41.9 Å². The molecule has 2 heterocycles. The molecule has 2 bridgehead atoms. The van der Waals surface area contributed by atoms with Crippen molar-refractivity contribution < 1.29 is 14.6 Å². The van der Waals surface area contributed by atoms with E-state index in [0.29, 0.717) is 6.04 Å². The summed E-state index contributed by atoms with van der Waals surface area (Å²) in [7, 11) is 3.91. The largest absolute Gasteiger partial charge is 0.493 e. The first-order valence-corrected chi connectivity index (χ1v) is 9.11. The highest BCUT2D eigenvalue weighted by atomic mass is 16.5. The Bertz CT molecular complexity index is 832. The van der Waals surface area contributed by atoms with Gasteiger partial charge in [-0.3, -0.25) is 4.90 Å². The van der Waals surface area contributed by atoms with Gasteiger partial charge >= 0.3 is 0 Å². The Kier molecular flexibility index (Phi) is 2.90. The summed E-state index contributed by atoms with van der Waals surface area (Å²) in [6.07, 6.45) is 6.46. The van der Waals surface area contributed by atoms with Crippen LogP contribution in [0.1, 0.15) is 31.4 Å². The number of aliphatic hydroxyl groups is 1. The minimum atomic E-state index is -0.809. The summed E-state index contributed by atoms with van der Waals surface area (Å²) in [6.45, 7) is 4.80. The third kappa shape index (κ3) is 1.79. The molecular weight excluding hydrogens is 314 g/mol. The van der Waals surface area contributed by atoms with E-state index in [0.717, 1.165) is 36.6 Å². The number of benzene rings is 1. The number of rotatable bonds is 2. The summed E-state index contributed by atoms with van der Waals surface area (Å²) in [5.41, 5.74) is 3.12. The standard InChI is InChI=1S/C21H25NO3/c1-20(2,23)13-10-14-15-9-12-5-6-16(24-4)19-18(12)21(14,7-8-22(15)3)17(11-13)25-19/h5-6,10-11,13,15,23H,7-9H2,1-4H3/t13-,15-,21-/m1/s1. The molecule has 1 aromatic carbocycles. The van der Waals surface area contributed by atoms with Crippen molar-refractivity contribution in [1.82, 2.24) is 4.90 Å². The highest BCUT2D eigenvalue weighted by Gasteiger charge is 2.59. The number of methoxy groups -OCH3 is 1. The Hall–Kier alpha value is -1.78. The second-order valence-electron chi connectivity index (χ2n) is 8.42. The average Bonchev–Trinajstić information content (AvgIpc) is 2.90. The molecule has 132 valence electrons. The van der Waals surface area contributed by atoms with Gasteiger partial charge in [-0.2, -0.15) is 0 Å². The Morgan fingerprint density at radius 3 is 2.84 bits per heavy atom. The minimum absolute atomic E-state index is 0.0403. The van der Waals surface area contributed by atoms with E-state index in [1.54, 1.807) is 7.11 Å². The summed E-state index contributed by atoms with van der Waals surface area (Å²) in [5.74, 6) is 2.65. The number of hydrogen-bond donors (Lipinski definition) is 1. The van der Waals surface area contributed by atoms with Gasteiger partial charge in [-0.1, -0.05) is 12.1 Å². The molecule has 0 saturated carbocycles. The lowest BCUT2D eigenvalue weighted by Crippen LogP contribution is -2.55. The van der Waals surface area contributed by atoms with E-state index in [9.17, 15) is 5.11 Å². The smallest absolute Gasteiger partial charge is 0.173 e. The maximum atomic E-state index is 10.7. The van der Waals surface area contributed by atoms with Crippen molar-refractivity contribution in [3.05, 3.63) is 46.7 Å². The molecule has 4 aliphatic rings. The van der Waals surface area contributed by atoms with Gasteiger partial charge in [0.05, 0.1) is 18.1 Å². The molecule has 1 spiro atoms. The molecule has 1 N–H and O–H groups in total. The maximum Gasteiger partial charge on any atom is 0.173 e. The van der Waals surface area contributed by atoms with Gasteiger partial charge in [-0.25, -0.2) is 0 Å². The Morgan fingerprint density at radius 1 is 1.32 bits per heavy atom.